The zero-order valence-corrected chi connectivity index (χ0v) is 15.9. The summed E-state index contributed by atoms with van der Waals surface area (Å²) in [4.78, 5) is 24.8. The van der Waals surface area contributed by atoms with E-state index >= 15 is 0 Å². The summed E-state index contributed by atoms with van der Waals surface area (Å²) in [6.07, 6.45) is 1.48. The number of hydrogen-bond acceptors (Lipinski definition) is 6. The van der Waals surface area contributed by atoms with Crippen LogP contribution in [0.1, 0.15) is 17.5 Å². The lowest BCUT2D eigenvalue weighted by atomic mass is 10.2. The Kier molecular flexibility index (Phi) is 6.26. The van der Waals surface area contributed by atoms with Crippen LogP contribution >= 0.6 is 24.0 Å². The average molecular weight is 398 g/mol. The highest BCUT2D eigenvalue weighted by molar-refractivity contribution is 8.26. The molecule has 1 aliphatic rings. The zero-order chi connectivity index (χ0) is 19.2. The number of ether oxygens (including phenoxy) is 1. The van der Waals surface area contributed by atoms with E-state index in [-0.39, 0.29) is 18.9 Å². The molecule has 7 heteroatoms. The maximum Gasteiger partial charge on any atom is 0.266 e. The fraction of sp³-hybridized carbons (Fsp3) is 0.150. The molecule has 0 unspecified atom stereocenters. The van der Waals surface area contributed by atoms with Crippen LogP contribution in [0.5, 0.6) is 5.75 Å². The standard InChI is InChI=1S/C20H17NO4S2/c22-18(23)9-10-21-19(24)17(27-20(21)26)12-15-7-4-8-16(11-15)25-13-14-5-2-1-3-6-14/h1-8,11-12H,9-10,13H2,(H,22,23)/p-1/b17-12-. The lowest BCUT2D eigenvalue weighted by molar-refractivity contribution is -0.305. The van der Waals surface area contributed by atoms with Gasteiger partial charge in [-0.1, -0.05) is 66.4 Å². The minimum Gasteiger partial charge on any atom is -0.550 e. The second-order valence-corrected chi connectivity index (χ2v) is 7.48. The SMILES string of the molecule is O=C([O-])CCN1C(=O)/C(=C/c2cccc(OCc3ccccc3)c2)SC1=S. The minimum absolute atomic E-state index is 0.0184. The summed E-state index contributed by atoms with van der Waals surface area (Å²) in [5, 5.41) is 10.6. The Balaban J connectivity index is 1.69. The molecule has 0 aliphatic carbocycles. The summed E-state index contributed by atoms with van der Waals surface area (Å²) >= 11 is 6.33. The Hall–Kier alpha value is -2.64. The van der Waals surface area contributed by atoms with Gasteiger partial charge in [-0.25, -0.2) is 0 Å². The Bertz CT molecular complexity index is 896. The van der Waals surface area contributed by atoms with Crippen LogP contribution < -0.4 is 9.84 Å². The van der Waals surface area contributed by atoms with Gasteiger partial charge in [0.2, 0.25) is 0 Å². The van der Waals surface area contributed by atoms with Crippen LogP contribution in [0.3, 0.4) is 0 Å². The Morgan fingerprint density at radius 3 is 2.70 bits per heavy atom. The number of nitrogens with zero attached hydrogens (tertiary/aromatic N) is 1. The molecule has 0 radical (unpaired) electrons. The van der Waals surface area contributed by atoms with Crippen LogP contribution in [0.2, 0.25) is 0 Å². The molecular weight excluding hydrogens is 382 g/mol. The number of thioether (sulfide) groups is 1. The summed E-state index contributed by atoms with van der Waals surface area (Å²) < 4.78 is 6.15. The highest BCUT2D eigenvalue weighted by Gasteiger charge is 2.31. The van der Waals surface area contributed by atoms with Crippen molar-refractivity contribution in [3.63, 3.8) is 0 Å². The smallest absolute Gasteiger partial charge is 0.266 e. The summed E-state index contributed by atoms with van der Waals surface area (Å²) in [7, 11) is 0. The zero-order valence-electron chi connectivity index (χ0n) is 14.3. The summed E-state index contributed by atoms with van der Waals surface area (Å²) in [6, 6.07) is 17.3. The van der Waals surface area contributed by atoms with Crippen molar-refractivity contribution < 1.29 is 19.4 Å². The van der Waals surface area contributed by atoms with Crippen molar-refractivity contribution >= 4 is 46.3 Å². The van der Waals surface area contributed by atoms with Crippen molar-refractivity contribution in [2.75, 3.05) is 6.54 Å². The second kappa shape index (κ2) is 8.83. The van der Waals surface area contributed by atoms with E-state index in [4.69, 9.17) is 17.0 Å². The molecule has 0 N–H and O–H groups in total. The summed E-state index contributed by atoms with van der Waals surface area (Å²) in [5.74, 6) is -0.807. The molecular formula is C20H16NO4S2-. The number of carbonyl (C=O) groups excluding carboxylic acids is 2. The van der Waals surface area contributed by atoms with Crippen molar-refractivity contribution in [2.24, 2.45) is 0 Å². The molecule has 3 rings (SSSR count). The maximum atomic E-state index is 12.4. The molecule has 0 bridgehead atoms. The number of carboxylic acid groups (broad SMARTS) is 1. The normalized spacial score (nSPS) is 15.4. The molecule has 5 nitrogen and oxygen atoms in total. The van der Waals surface area contributed by atoms with Gasteiger partial charge in [-0.3, -0.25) is 9.69 Å². The van der Waals surface area contributed by atoms with Gasteiger partial charge >= 0.3 is 0 Å². The first-order valence-corrected chi connectivity index (χ1v) is 9.47. The van der Waals surface area contributed by atoms with Crippen molar-refractivity contribution in [3.05, 3.63) is 70.6 Å². The van der Waals surface area contributed by atoms with Crippen LogP contribution in [-0.2, 0) is 16.2 Å². The van der Waals surface area contributed by atoms with E-state index in [1.807, 2.05) is 54.6 Å². The van der Waals surface area contributed by atoms with Crippen molar-refractivity contribution in [1.29, 1.82) is 0 Å². The first-order chi connectivity index (χ1) is 13.0. The van der Waals surface area contributed by atoms with Gasteiger partial charge in [0.25, 0.3) is 5.91 Å². The molecule has 1 aliphatic heterocycles. The molecule has 2 aromatic carbocycles. The predicted molar refractivity (Wildman–Crippen MR) is 107 cm³/mol. The monoisotopic (exact) mass is 398 g/mol. The van der Waals surface area contributed by atoms with Gasteiger partial charge in [-0.05, 0) is 29.3 Å². The van der Waals surface area contributed by atoms with Crippen LogP contribution in [0.25, 0.3) is 6.08 Å². The largest absolute Gasteiger partial charge is 0.550 e. The number of carboxylic acids is 1. The number of hydrogen-bond donors (Lipinski definition) is 0. The minimum atomic E-state index is -1.21. The fourth-order valence-corrected chi connectivity index (χ4v) is 3.79. The summed E-state index contributed by atoms with van der Waals surface area (Å²) in [6.45, 7) is 0.472. The van der Waals surface area contributed by atoms with Crippen molar-refractivity contribution in [1.82, 2.24) is 4.90 Å². The Morgan fingerprint density at radius 1 is 1.19 bits per heavy atom. The molecule has 0 aromatic heterocycles. The molecule has 0 spiro atoms. The lowest BCUT2D eigenvalue weighted by Gasteiger charge is -2.14. The average Bonchev–Trinajstić information content (AvgIpc) is 2.92. The van der Waals surface area contributed by atoms with Crippen LogP contribution in [0.15, 0.2) is 59.5 Å². The third kappa shape index (κ3) is 5.18. The highest BCUT2D eigenvalue weighted by atomic mass is 32.2. The maximum absolute atomic E-state index is 12.4. The van der Waals surface area contributed by atoms with E-state index < -0.39 is 5.97 Å². The van der Waals surface area contributed by atoms with Gasteiger partial charge in [0, 0.05) is 18.9 Å². The molecule has 0 atom stereocenters. The van der Waals surface area contributed by atoms with Gasteiger partial charge in [0.1, 0.15) is 16.7 Å². The second-order valence-electron chi connectivity index (χ2n) is 5.80. The van der Waals surface area contributed by atoms with Crippen LogP contribution in [-0.4, -0.2) is 27.6 Å². The third-order valence-corrected chi connectivity index (χ3v) is 5.20. The van der Waals surface area contributed by atoms with E-state index in [1.165, 1.54) is 4.90 Å². The number of thiocarbonyl (C=S) groups is 1. The van der Waals surface area contributed by atoms with E-state index in [9.17, 15) is 14.7 Å². The van der Waals surface area contributed by atoms with Crippen LogP contribution in [0, 0.1) is 0 Å². The number of benzene rings is 2. The number of amides is 1. The first kappa shape index (κ1) is 19.1. The van der Waals surface area contributed by atoms with Gasteiger partial charge < -0.3 is 14.6 Å². The van der Waals surface area contributed by atoms with E-state index in [0.29, 0.717) is 21.6 Å². The Labute approximate surface area is 166 Å². The number of aliphatic carboxylic acids is 1. The Morgan fingerprint density at radius 2 is 1.96 bits per heavy atom. The van der Waals surface area contributed by atoms with E-state index in [0.717, 1.165) is 22.9 Å². The van der Waals surface area contributed by atoms with Crippen molar-refractivity contribution in [3.8, 4) is 5.75 Å². The lowest BCUT2D eigenvalue weighted by Crippen LogP contribution is -2.33. The fourth-order valence-electron chi connectivity index (χ4n) is 2.48. The van der Waals surface area contributed by atoms with E-state index in [1.54, 1.807) is 6.08 Å². The molecule has 1 fully saturated rings. The predicted octanol–water partition coefficient (Wildman–Crippen LogP) is 2.61. The number of rotatable bonds is 7. The molecule has 1 amide bonds. The molecule has 2 aromatic rings. The third-order valence-electron chi connectivity index (χ3n) is 3.82. The van der Waals surface area contributed by atoms with Gasteiger partial charge in [0.05, 0.1) is 4.91 Å². The quantitative estimate of drug-likeness (QED) is 0.528. The first-order valence-electron chi connectivity index (χ1n) is 8.25. The topological polar surface area (TPSA) is 69.7 Å². The molecule has 27 heavy (non-hydrogen) atoms. The molecule has 0 saturated carbocycles. The molecule has 1 saturated heterocycles. The summed E-state index contributed by atoms with van der Waals surface area (Å²) in [5.41, 5.74) is 1.87. The molecule has 138 valence electrons. The van der Waals surface area contributed by atoms with E-state index in [2.05, 4.69) is 0 Å². The highest BCUT2D eigenvalue weighted by Crippen LogP contribution is 2.33. The molecule has 1 heterocycles. The van der Waals surface area contributed by atoms with Crippen LogP contribution in [0.4, 0.5) is 0 Å². The van der Waals surface area contributed by atoms with Gasteiger partial charge in [0.15, 0.2) is 0 Å². The number of carbonyl (C=O) groups is 2. The van der Waals surface area contributed by atoms with Gasteiger partial charge in [-0.2, -0.15) is 0 Å². The van der Waals surface area contributed by atoms with Gasteiger partial charge in [-0.15, -0.1) is 0 Å². The van der Waals surface area contributed by atoms with Crippen molar-refractivity contribution in [2.45, 2.75) is 13.0 Å².